The highest BCUT2D eigenvalue weighted by molar-refractivity contribution is 5.87. The fourth-order valence-corrected chi connectivity index (χ4v) is 2.57. The summed E-state index contributed by atoms with van der Waals surface area (Å²) >= 11 is 0. The molecule has 0 heterocycles. The van der Waals surface area contributed by atoms with Crippen molar-refractivity contribution in [1.29, 1.82) is 0 Å². The first-order valence-electron chi connectivity index (χ1n) is 7.26. The summed E-state index contributed by atoms with van der Waals surface area (Å²) in [6, 6.07) is 16.3. The fourth-order valence-electron chi connectivity index (χ4n) is 2.57. The highest BCUT2D eigenvalue weighted by Gasteiger charge is 2.05. The van der Waals surface area contributed by atoms with Gasteiger partial charge in [0.25, 0.3) is 0 Å². The second kappa shape index (κ2) is 6.10. The van der Waals surface area contributed by atoms with Crippen LogP contribution in [0.1, 0.15) is 12.0 Å². The molecule has 3 rings (SSSR count). The SMILES string of the molecule is C=CCCc1ccc2cc(-c3ccc(F)c(F)c3)ccc2c1. The number of benzene rings is 3. The molecule has 0 unspecified atom stereocenters. The molecule has 0 aliphatic rings. The van der Waals surface area contributed by atoms with E-state index in [2.05, 4.69) is 24.8 Å². The Morgan fingerprint density at radius 3 is 2.23 bits per heavy atom. The molecule has 0 amide bonds. The summed E-state index contributed by atoms with van der Waals surface area (Å²) in [5.41, 5.74) is 2.83. The highest BCUT2D eigenvalue weighted by atomic mass is 19.2. The van der Waals surface area contributed by atoms with Gasteiger partial charge in [-0.1, -0.05) is 42.5 Å². The van der Waals surface area contributed by atoms with Gasteiger partial charge < -0.3 is 0 Å². The first-order valence-corrected chi connectivity index (χ1v) is 7.26. The topological polar surface area (TPSA) is 0 Å². The molecule has 0 aliphatic heterocycles. The summed E-state index contributed by atoms with van der Waals surface area (Å²) in [7, 11) is 0. The van der Waals surface area contributed by atoms with Gasteiger partial charge in [0.2, 0.25) is 0 Å². The Morgan fingerprint density at radius 1 is 0.773 bits per heavy atom. The smallest absolute Gasteiger partial charge is 0.159 e. The molecular formula is C20H16F2. The molecule has 0 aliphatic carbocycles. The molecule has 0 aromatic heterocycles. The standard InChI is InChI=1S/C20H16F2/c1-2-3-4-14-5-6-16-12-17(8-7-15(16)11-14)18-9-10-19(21)20(22)13-18/h2,5-13H,1,3-4H2. The maximum atomic E-state index is 13.4. The van der Waals surface area contributed by atoms with Crippen LogP contribution in [0.3, 0.4) is 0 Å². The lowest BCUT2D eigenvalue weighted by molar-refractivity contribution is 0.509. The molecular weight excluding hydrogens is 278 g/mol. The Kier molecular flexibility index (Phi) is 4.01. The summed E-state index contributed by atoms with van der Waals surface area (Å²) in [4.78, 5) is 0. The predicted molar refractivity (Wildman–Crippen MR) is 87.8 cm³/mol. The second-order valence-electron chi connectivity index (χ2n) is 5.35. The third-order valence-corrected chi connectivity index (χ3v) is 3.79. The zero-order valence-corrected chi connectivity index (χ0v) is 12.2. The highest BCUT2D eigenvalue weighted by Crippen LogP contribution is 2.26. The van der Waals surface area contributed by atoms with Gasteiger partial charge in [-0.3, -0.25) is 0 Å². The minimum absolute atomic E-state index is 0.677. The number of hydrogen-bond donors (Lipinski definition) is 0. The summed E-state index contributed by atoms with van der Waals surface area (Å²) in [5, 5.41) is 2.23. The quantitative estimate of drug-likeness (QED) is 0.525. The molecule has 0 radical (unpaired) electrons. The van der Waals surface area contributed by atoms with E-state index in [-0.39, 0.29) is 0 Å². The van der Waals surface area contributed by atoms with E-state index in [1.54, 1.807) is 6.07 Å². The van der Waals surface area contributed by atoms with Crippen LogP contribution < -0.4 is 0 Å². The number of hydrogen-bond acceptors (Lipinski definition) is 0. The predicted octanol–water partition coefficient (Wildman–Crippen LogP) is 5.90. The summed E-state index contributed by atoms with van der Waals surface area (Å²) in [6.07, 6.45) is 3.85. The first kappa shape index (κ1) is 14.5. The summed E-state index contributed by atoms with van der Waals surface area (Å²) in [5.74, 6) is -1.64. The molecule has 0 N–H and O–H groups in total. The van der Waals surface area contributed by atoms with Gasteiger partial charge in [-0.05, 0) is 58.5 Å². The van der Waals surface area contributed by atoms with E-state index in [4.69, 9.17) is 0 Å². The van der Waals surface area contributed by atoms with Gasteiger partial charge in [0.05, 0.1) is 0 Å². The lowest BCUT2D eigenvalue weighted by atomic mass is 9.99. The second-order valence-corrected chi connectivity index (χ2v) is 5.35. The lowest BCUT2D eigenvalue weighted by Crippen LogP contribution is -1.87. The van der Waals surface area contributed by atoms with Crippen molar-refractivity contribution in [3.05, 3.63) is 84.5 Å². The van der Waals surface area contributed by atoms with Crippen LogP contribution in [-0.2, 0) is 6.42 Å². The maximum absolute atomic E-state index is 13.4. The Bertz CT molecular complexity index is 834. The molecule has 22 heavy (non-hydrogen) atoms. The minimum Gasteiger partial charge on any atom is -0.204 e. The Labute approximate surface area is 128 Å². The third-order valence-electron chi connectivity index (χ3n) is 3.79. The van der Waals surface area contributed by atoms with E-state index in [9.17, 15) is 8.78 Å². The van der Waals surface area contributed by atoms with Crippen LogP contribution in [0, 0.1) is 11.6 Å². The van der Waals surface area contributed by atoms with Gasteiger partial charge in [0.15, 0.2) is 11.6 Å². The van der Waals surface area contributed by atoms with E-state index >= 15 is 0 Å². The average molecular weight is 294 g/mol. The fraction of sp³-hybridized carbons (Fsp3) is 0.100. The largest absolute Gasteiger partial charge is 0.204 e. The minimum atomic E-state index is -0.823. The van der Waals surface area contributed by atoms with E-state index in [1.165, 1.54) is 11.6 Å². The van der Waals surface area contributed by atoms with Crippen molar-refractivity contribution in [1.82, 2.24) is 0 Å². The van der Waals surface area contributed by atoms with Gasteiger partial charge in [-0.25, -0.2) is 8.78 Å². The van der Waals surface area contributed by atoms with Crippen LogP contribution in [0.2, 0.25) is 0 Å². The molecule has 0 spiro atoms. The van der Waals surface area contributed by atoms with Crippen molar-refractivity contribution in [3.8, 4) is 11.1 Å². The maximum Gasteiger partial charge on any atom is 0.159 e. The molecule has 3 aromatic rings. The van der Waals surface area contributed by atoms with E-state index in [1.807, 2.05) is 24.3 Å². The van der Waals surface area contributed by atoms with Gasteiger partial charge in [-0.15, -0.1) is 6.58 Å². The van der Waals surface area contributed by atoms with Crippen molar-refractivity contribution in [2.75, 3.05) is 0 Å². The van der Waals surface area contributed by atoms with Crippen LogP contribution in [-0.4, -0.2) is 0 Å². The number of aryl methyl sites for hydroxylation is 1. The summed E-state index contributed by atoms with van der Waals surface area (Å²) < 4.78 is 26.4. The van der Waals surface area contributed by atoms with Gasteiger partial charge in [0, 0.05) is 0 Å². The van der Waals surface area contributed by atoms with Gasteiger partial charge in [-0.2, -0.15) is 0 Å². The molecule has 0 saturated heterocycles. The Balaban J connectivity index is 1.99. The number of allylic oxidation sites excluding steroid dienone is 1. The first-order chi connectivity index (χ1) is 10.7. The average Bonchev–Trinajstić information content (AvgIpc) is 2.55. The molecule has 0 nitrogen and oxygen atoms in total. The van der Waals surface area contributed by atoms with Gasteiger partial charge in [0.1, 0.15) is 0 Å². The Hall–Kier alpha value is -2.48. The van der Waals surface area contributed by atoms with Crippen LogP contribution in [0.15, 0.2) is 67.3 Å². The zero-order chi connectivity index (χ0) is 15.5. The molecule has 110 valence electrons. The van der Waals surface area contributed by atoms with Crippen molar-refractivity contribution in [2.24, 2.45) is 0 Å². The van der Waals surface area contributed by atoms with Crippen molar-refractivity contribution >= 4 is 10.8 Å². The van der Waals surface area contributed by atoms with Crippen LogP contribution in [0.5, 0.6) is 0 Å². The van der Waals surface area contributed by atoms with Gasteiger partial charge >= 0.3 is 0 Å². The lowest BCUT2D eigenvalue weighted by Gasteiger charge is -2.07. The molecule has 0 bridgehead atoms. The zero-order valence-electron chi connectivity index (χ0n) is 12.2. The van der Waals surface area contributed by atoms with E-state index < -0.39 is 11.6 Å². The van der Waals surface area contributed by atoms with Crippen molar-refractivity contribution in [2.45, 2.75) is 12.8 Å². The molecule has 0 atom stereocenters. The summed E-state index contributed by atoms with van der Waals surface area (Å²) in [6.45, 7) is 3.74. The molecule has 3 aromatic carbocycles. The molecule has 2 heteroatoms. The number of rotatable bonds is 4. The van der Waals surface area contributed by atoms with Crippen molar-refractivity contribution in [3.63, 3.8) is 0 Å². The van der Waals surface area contributed by atoms with Crippen LogP contribution >= 0.6 is 0 Å². The van der Waals surface area contributed by atoms with E-state index in [0.717, 1.165) is 35.2 Å². The number of halogens is 2. The van der Waals surface area contributed by atoms with E-state index in [0.29, 0.717) is 5.56 Å². The van der Waals surface area contributed by atoms with Crippen molar-refractivity contribution < 1.29 is 8.78 Å². The number of fused-ring (bicyclic) bond motifs is 1. The normalized spacial score (nSPS) is 10.8. The Morgan fingerprint density at radius 2 is 1.45 bits per heavy atom. The molecule has 0 saturated carbocycles. The third kappa shape index (κ3) is 2.91. The van der Waals surface area contributed by atoms with Crippen LogP contribution in [0.4, 0.5) is 8.78 Å². The monoisotopic (exact) mass is 294 g/mol. The molecule has 0 fully saturated rings. The van der Waals surface area contributed by atoms with Crippen LogP contribution in [0.25, 0.3) is 21.9 Å².